The molecule has 0 amide bonds. The molecule has 19 heavy (non-hydrogen) atoms. The minimum Gasteiger partial charge on any atom is -0.475 e. The lowest BCUT2D eigenvalue weighted by Gasteiger charge is -2.20. The Morgan fingerprint density at radius 2 is 2.21 bits per heavy atom. The molecule has 98 valence electrons. The van der Waals surface area contributed by atoms with Crippen molar-refractivity contribution in [3.63, 3.8) is 0 Å². The van der Waals surface area contributed by atoms with E-state index >= 15 is 0 Å². The number of fused-ring (bicyclic) bond motifs is 1. The largest absolute Gasteiger partial charge is 0.475 e. The number of ether oxygens (including phenoxy) is 2. The first-order chi connectivity index (χ1) is 9.15. The monoisotopic (exact) mass is 325 g/mol. The zero-order valence-corrected chi connectivity index (χ0v) is 11.1. The van der Waals surface area contributed by atoms with Gasteiger partial charge in [0.25, 0.3) is 0 Å². The predicted octanol–water partition coefficient (Wildman–Crippen LogP) is 2.67. The van der Waals surface area contributed by atoms with Crippen LogP contribution in [0.15, 0.2) is 27.2 Å². The predicted molar refractivity (Wildman–Crippen MR) is 66.9 cm³/mol. The van der Waals surface area contributed by atoms with E-state index in [1.165, 1.54) is 6.07 Å². The highest BCUT2D eigenvalue weighted by Crippen LogP contribution is 2.38. The second-order valence-corrected chi connectivity index (χ2v) is 4.85. The van der Waals surface area contributed by atoms with Gasteiger partial charge in [0.2, 0.25) is 5.76 Å². The zero-order chi connectivity index (χ0) is 13.4. The molecule has 0 atom stereocenters. The van der Waals surface area contributed by atoms with Crippen molar-refractivity contribution in [3.05, 3.63) is 34.0 Å². The standard InChI is InChI=1S/C12H8BrNO5/c13-7-1-6-4-17-5-18-11(6)8(2-7)9-3-10(12(15)16)19-14-9/h1-3H,4-5H2,(H,15,16). The molecule has 0 saturated heterocycles. The summed E-state index contributed by atoms with van der Waals surface area (Å²) in [5.74, 6) is -0.734. The number of hydrogen-bond acceptors (Lipinski definition) is 5. The minimum absolute atomic E-state index is 0.158. The molecule has 1 N–H and O–H groups in total. The summed E-state index contributed by atoms with van der Waals surface area (Å²) in [6.07, 6.45) is 0. The van der Waals surface area contributed by atoms with Crippen LogP contribution < -0.4 is 4.74 Å². The SMILES string of the molecule is O=C(O)c1cc(-c2cc(Br)cc3c2OCOC3)no1. The van der Waals surface area contributed by atoms with E-state index in [0.717, 1.165) is 10.0 Å². The van der Waals surface area contributed by atoms with E-state index in [4.69, 9.17) is 19.1 Å². The van der Waals surface area contributed by atoms with Crippen LogP contribution in [0, 0.1) is 0 Å². The van der Waals surface area contributed by atoms with Crippen molar-refractivity contribution in [1.82, 2.24) is 5.16 Å². The van der Waals surface area contributed by atoms with Crippen LogP contribution in [0.1, 0.15) is 16.1 Å². The van der Waals surface area contributed by atoms with Crippen LogP contribution in [-0.4, -0.2) is 23.0 Å². The van der Waals surface area contributed by atoms with Crippen molar-refractivity contribution >= 4 is 21.9 Å². The van der Waals surface area contributed by atoms with Gasteiger partial charge in [0.1, 0.15) is 11.4 Å². The number of carboxylic acid groups (broad SMARTS) is 1. The number of rotatable bonds is 2. The Balaban J connectivity index is 2.12. The van der Waals surface area contributed by atoms with Crippen LogP contribution in [0.3, 0.4) is 0 Å². The summed E-state index contributed by atoms with van der Waals surface area (Å²) in [5, 5.41) is 12.6. The number of halogens is 1. The maximum absolute atomic E-state index is 10.8. The molecule has 0 fully saturated rings. The molecule has 3 rings (SSSR count). The number of benzene rings is 1. The Morgan fingerprint density at radius 3 is 2.95 bits per heavy atom. The number of carbonyl (C=O) groups is 1. The average molecular weight is 326 g/mol. The Bertz CT molecular complexity index is 652. The molecule has 1 aromatic heterocycles. The number of aromatic carboxylic acids is 1. The van der Waals surface area contributed by atoms with Gasteiger partial charge in [-0.3, -0.25) is 0 Å². The van der Waals surface area contributed by atoms with E-state index < -0.39 is 5.97 Å². The second kappa shape index (κ2) is 4.67. The highest BCUT2D eigenvalue weighted by Gasteiger charge is 2.21. The first-order valence-corrected chi connectivity index (χ1v) is 6.18. The normalized spacial score (nSPS) is 13.7. The summed E-state index contributed by atoms with van der Waals surface area (Å²) < 4.78 is 16.3. The van der Waals surface area contributed by atoms with Gasteiger partial charge in [-0.05, 0) is 12.1 Å². The molecule has 0 radical (unpaired) electrons. The minimum atomic E-state index is -1.16. The van der Waals surface area contributed by atoms with Crippen LogP contribution in [0.5, 0.6) is 5.75 Å². The first kappa shape index (κ1) is 12.2. The molecule has 6 nitrogen and oxygen atoms in total. The van der Waals surface area contributed by atoms with E-state index in [1.54, 1.807) is 6.07 Å². The lowest BCUT2D eigenvalue weighted by atomic mass is 10.1. The lowest BCUT2D eigenvalue weighted by molar-refractivity contribution is -0.0159. The summed E-state index contributed by atoms with van der Waals surface area (Å²) in [7, 11) is 0. The molecular weight excluding hydrogens is 318 g/mol. The van der Waals surface area contributed by atoms with Gasteiger partial charge in [0, 0.05) is 21.7 Å². The Morgan fingerprint density at radius 1 is 1.37 bits per heavy atom. The second-order valence-electron chi connectivity index (χ2n) is 3.93. The number of aromatic nitrogens is 1. The van der Waals surface area contributed by atoms with Crippen LogP contribution >= 0.6 is 15.9 Å². The molecule has 1 aliphatic heterocycles. The van der Waals surface area contributed by atoms with E-state index in [2.05, 4.69) is 21.1 Å². The van der Waals surface area contributed by atoms with Crippen LogP contribution in [0.2, 0.25) is 0 Å². The maximum atomic E-state index is 10.8. The summed E-state index contributed by atoms with van der Waals surface area (Å²) in [4.78, 5) is 10.8. The molecule has 1 aliphatic rings. The van der Waals surface area contributed by atoms with E-state index in [9.17, 15) is 4.79 Å². The van der Waals surface area contributed by atoms with Crippen LogP contribution in [0.4, 0.5) is 0 Å². The van der Waals surface area contributed by atoms with Crippen molar-refractivity contribution in [2.45, 2.75) is 6.61 Å². The first-order valence-electron chi connectivity index (χ1n) is 5.38. The third kappa shape index (κ3) is 2.22. The maximum Gasteiger partial charge on any atom is 0.374 e. The highest BCUT2D eigenvalue weighted by molar-refractivity contribution is 9.10. The zero-order valence-electron chi connectivity index (χ0n) is 9.55. The van der Waals surface area contributed by atoms with E-state index in [0.29, 0.717) is 23.6 Å². The van der Waals surface area contributed by atoms with Gasteiger partial charge in [-0.25, -0.2) is 4.79 Å². The third-order valence-electron chi connectivity index (χ3n) is 2.67. The quantitative estimate of drug-likeness (QED) is 0.914. The molecule has 0 bridgehead atoms. The van der Waals surface area contributed by atoms with Crippen molar-refractivity contribution in [2.24, 2.45) is 0 Å². The van der Waals surface area contributed by atoms with Gasteiger partial charge < -0.3 is 19.1 Å². The van der Waals surface area contributed by atoms with Gasteiger partial charge >= 0.3 is 5.97 Å². The Hall–Kier alpha value is -1.86. The van der Waals surface area contributed by atoms with E-state index in [-0.39, 0.29) is 12.6 Å². The molecule has 0 aliphatic carbocycles. The van der Waals surface area contributed by atoms with Gasteiger partial charge in [-0.1, -0.05) is 21.1 Å². The van der Waals surface area contributed by atoms with Crippen molar-refractivity contribution in [2.75, 3.05) is 6.79 Å². The Labute approximate surface area is 116 Å². The molecule has 1 aromatic carbocycles. The molecule has 7 heteroatoms. The average Bonchev–Trinajstić information content (AvgIpc) is 2.87. The van der Waals surface area contributed by atoms with Crippen LogP contribution in [-0.2, 0) is 11.3 Å². The Kier molecular flexibility index (Phi) is 3.00. The summed E-state index contributed by atoms with van der Waals surface area (Å²) >= 11 is 3.39. The molecular formula is C12H8BrNO5. The van der Waals surface area contributed by atoms with E-state index in [1.807, 2.05) is 6.07 Å². The summed E-state index contributed by atoms with van der Waals surface area (Å²) in [6, 6.07) is 5.05. The van der Waals surface area contributed by atoms with Crippen molar-refractivity contribution < 1.29 is 23.9 Å². The fourth-order valence-corrected chi connectivity index (χ4v) is 2.38. The van der Waals surface area contributed by atoms with Gasteiger partial charge in [0.05, 0.1) is 6.61 Å². The number of hydrogen-bond donors (Lipinski definition) is 1. The fourth-order valence-electron chi connectivity index (χ4n) is 1.87. The summed E-state index contributed by atoms with van der Waals surface area (Å²) in [5.41, 5.74) is 1.95. The third-order valence-corrected chi connectivity index (χ3v) is 3.13. The molecule has 2 heterocycles. The highest BCUT2D eigenvalue weighted by atomic mass is 79.9. The lowest BCUT2D eigenvalue weighted by Crippen LogP contribution is -2.12. The topological polar surface area (TPSA) is 81.8 Å². The smallest absolute Gasteiger partial charge is 0.374 e. The molecule has 0 saturated carbocycles. The summed E-state index contributed by atoms with van der Waals surface area (Å²) in [6.45, 7) is 0.594. The molecule has 2 aromatic rings. The van der Waals surface area contributed by atoms with Gasteiger partial charge in [-0.15, -0.1) is 0 Å². The number of nitrogens with zero attached hydrogens (tertiary/aromatic N) is 1. The fraction of sp³-hybridized carbons (Fsp3) is 0.167. The number of carboxylic acids is 1. The molecule has 0 unspecified atom stereocenters. The van der Waals surface area contributed by atoms with Gasteiger partial charge in [0.15, 0.2) is 6.79 Å². The molecule has 0 spiro atoms. The van der Waals surface area contributed by atoms with Crippen LogP contribution in [0.25, 0.3) is 11.3 Å². The van der Waals surface area contributed by atoms with Crippen molar-refractivity contribution in [3.8, 4) is 17.0 Å². The van der Waals surface area contributed by atoms with Crippen molar-refractivity contribution in [1.29, 1.82) is 0 Å². The van der Waals surface area contributed by atoms with Gasteiger partial charge in [-0.2, -0.15) is 0 Å².